The second kappa shape index (κ2) is 16.6. The summed E-state index contributed by atoms with van der Waals surface area (Å²) in [4.78, 5) is 33.0. The summed E-state index contributed by atoms with van der Waals surface area (Å²) in [6, 6.07) is 34.5. The number of hydrogen-bond acceptors (Lipinski definition) is 6. The predicted molar refractivity (Wildman–Crippen MR) is 263 cm³/mol. The molecule has 0 atom stereocenters. The quantitative estimate of drug-likeness (QED) is 0.103. The monoisotopic (exact) mass is 882 g/mol. The number of esters is 2. The summed E-state index contributed by atoms with van der Waals surface area (Å²) in [5, 5.41) is 0. The lowest BCUT2D eigenvalue weighted by Gasteiger charge is -2.31. The molecule has 0 unspecified atom stereocenters. The highest BCUT2D eigenvalue weighted by molar-refractivity contribution is 6.60. The summed E-state index contributed by atoms with van der Waals surface area (Å²) in [6.07, 6.45) is 12.2. The molecule has 0 fully saturated rings. The fraction of sp³-hybridized carbons (Fsp3) is 0.218. The molecule has 4 aliphatic heterocycles. The van der Waals surface area contributed by atoms with E-state index in [4.69, 9.17) is 9.47 Å². The highest BCUT2D eigenvalue weighted by Gasteiger charge is 2.58. The molecule has 4 aromatic carbocycles. The molecule has 4 aliphatic rings. The highest BCUT2D eigenvalue weighted by atomic mass is 19.2. The van der Waals surface area contributed by atoms with Crippen molar-refractivity contribution in [3.8, 4) is 11.1 Å². The molecular formula is C55H53BF2N4O4. The van der Waals surface area contributed by atoms with Crippen LogP contribution < -0.4 is 9.80 Å². The van der Waals surface area contributed by atoms with E-state index >= 15 is 8.63 Å². The van der Waals surface area contributed by atoms with Crippen molar-refractivity contribution in [1.82, 2.24) is 4.48 Å². The van der Waals surface area contributed by atoms with E-state index in [9.17, 15) is 9.59 Å². The second-order valence-corrected chi connectivity index (χ2v) is 17.9. The fourth-order valence-corrected chi connectivity index (χ4v) is 10.5. The number of halogens is 2. The molecule has 5 aromatic rings. The van der Waals surface area contributed by atoms with Gasteiger partial charge in [-0.15, -0.1) is 0 Å². The van der Waals surface area contributed by atoms with Crippen molar-refractivity contribution in [2.24, 2.45) is 0 Å². The van der Waals surface area contributed by atoms with Crippen molar-refractivity contribution in [2.75, 3.05) is 37.1 Å². The Morgan fingerprint density at radius 1 is 0.667 bits per heavy atom. The van der Waals surface area contributed by atoms with E-state index in [1.807, 2.05) is 86.9 Å². The van der Waals surface area contributed by atoms with E-state index in [1.165, 1.54) is 0 Å². The number of allylic oxidation sites excluding steroid dienone is 8. The molecule has 0 spiro atoms. The first-order chi connectivity index (χ1) is 31.7. The molecule has 11 heteroatoms. The minimum Gasteiger partial charge on any atom is -0.462 e. The highest BCUT2D eigenvalue weighted by Crippen LogP contribution is 2.50. The average Bonchev–Trinajstić information content (AvgIpc) is 3.94. The van der Waals surface area contributed by atoms with Gasteiger partial charge in [0.15, 0.2) is 11.4 Å². The van der Waals surface area contributed by atoms with E-state index in [2.05, 4.69) is 61.8 Å². The summed E-state index contributed by atoms with van der Waals surface area (Å²) in [7, 11) is 3.98. The lowest BCUT2D eigenvalue weighted by molar-refractivity contribution is -0.358. The van der Waals surface area contributed by atoms with E-state index in [0.29, 0.717) is 22.3 Å². The van der Waals surface area contributed by atoms with Gasteiger partial charge in [0.25, 0.3) is 0 Å². The van der Waals surface area contributed by atoms with Crippen LogP contribution in [-0.2, 0) is 25.1 Å². The Labute approximate surface area is 385 Å². The second-order valence-electron chi connectivity index (χ2n) is 17.9. The maximum atomic E-state index is 18.8. The molecule has 66 heavy (non-hydrogen) atoms. The minimum atomic E-state index is -4.89. The van der Waals surface area contributed by atoms with Gasteiger partial charge >= 0.3 is 18.9 Å². The van der Waals surface area contributed by atoms with Gasteiger partial charge in [-0.3, -0.25) is 0 Å². The van der Waals surface area contributed by atoms with Crippen molar-refractivity contribution in [1.29, 1.82) is 0 Å². The molecule has 0 bridgehead atoms. The van der Waals surface area contributed by atoms with Crippen LogP contribution in [0.2, 0.25) is 0 Å². The van der Waals surface area contributed by atoms with Crippen LogP contribution in [0.3, 0.4) is 0 Å². The van der Waals surface area contributed by atoms with E-state index in [0.717, 1.165) is 42.9 Å². The van der Waals surface area contributed by atoms with Crippen molar-refractivity contribution < 1.29 is 32.2 Å². The normalized spacial score (nSPS) is 18.9. The van der Waals surface area contributed by atoms with Crippen LogP contribution in [0.25, 0.3) is 28.9 Å². The van der Waals surface area contributed by atoms with Gasteiger partial charge in [0, 0.05) is 76.8 Å². The molecule has 9 rings (SSSR count). The van der Waals surface area contributed by atoms with Gasteiger partial charge in [0.1, 0.15) is 5.57 Å². The van der Waals surface area contributed by atoms with Crippen molar-refractivity contribution in [3.05, 3.63) is 196 Å². The number of likely N-dealkylation sites (N-methyl/N-ethyl adjacent to an activating group) is 2. The van der Waals surface area contributed by atoms with Crippen molar-refractivity contribution in [2.45, 2.75) is 52.4 Å². The lowest BCUT2D eigenvalue weighted by atomic mass is 9.84. The van der Waals surface area contributed by atoms with Crippen LogP contribution in [-0.4, -0.2) is 60.9 Å². The first kappa shape index (κ1) is 44.0. The van der Waals surface area contributed by atoms with Crippen LogP contribution in [0.5, 0.6) is 0 Å². The Morgan fingerprint density at radius 2 is 1.15 bits per heavy atom. The van der Waals surface area contributed by atoms with Gasteiger partial charge in [0.2, 0.25) is 0 Å². The molecule has 1 aromatic heterocycles. The number of fused-ring (bicyclic) bond motifs is 4. The predicted octanol–water partition coefficient (Wildman–Crippen LogP) is 11.6. The third kappa shape index (κ3) is 6.82. The number of ether oxygens (including phenoxy) is 2. The number of rotatable bonds is 10. The van der Waals surface area contributed by atoms with Crippen LogP contribution in [0.1, 0.15) is 80.0 Å². The number of para-hydroxylation sites is 2. The maximum Gasteiger partial charge on any atom is 0.737 e. The van der Waals surface area contributed by atoms with Gasteiger partial charge in [-0.05, 0) is 66.5 Å². The Hall–Kier alpha value is -7.27. The Morgan fingerprint density at radius 3 is 1.68 bits per heavy atom. The smallest absolute Gasteiger partial charge is 0.462 e. The zero-order valence-electron chi connectivity index (χ0n) is 38.6. The van der Waals surface area contributed by atoms with Gasteiger partial charge < -0.3 is 36.9 Å². The van der Waals surface area contributed by atoms with Crippen LogP contribution in [0, 0.1) is 0 Å². The number of carbonyl (C=O) groups is 2. The molecule has 0 N–H and O–H groups in total. The standard InChI is InChI=1S/C55H53BF2N4O4/c1-9-65-52(63)50-42(31-21-33-46-54(3,4)38-27-17-19-29-40(38)59(46)7)61-44(48(50)36-23-13-11-14-24-36)35-45-49(37-25-15-12-16-26-37)51(53(64)66-10-2)43(62(45)56(61,57)58)32-22-34-47-55(5,6)39-28-18-20-30-41(39)60(47)8/h11-35H,9-10H2,1-8H3/b31-21+,32-22+,46-33+,47-34+. The molecular weight excluding hydrogens is 829 g/mol. The SMILES string of the molecule is CCOC(=O)C1=C(c2ccccc2)C2=Cc3c(-c4ccccc4)c(C(=O)OCC)c(/C=C/C=C4/N(C)c5ccccc5C4(C)C)n3[B-](F)(F)[N+]2=C1/C=C/C=C1/N(C)c2ccccc2C1(C)C. The zero-order valence-corrected chi connectivity index (χ0v) is 38.6. The van der Waals surface area contributed by atoms with Crippen LogP contribution in [0.15, 0.2) is 162 Å². The molecule has 0 saturated carbocycles. The first-order valence-corrected chi connectivity index (χ1v) is 22.5. The summed E-state index contributed by atoms with van der Waals surface area (Å²) in [5.74, 6) is -1.46. The number of anilines is 2. The Balaban J connectivity index is 1.32. The van der Waals surface area contributed by atoms with Crippen molar-refractivity contribution >= 4 is 53.7 Å². The minimum absolute atomic E-state index is 0.0124. The van der Waals surface area contributed by atoms with Gasteiger partial charge in [-0.2, -0.15) is 0 Å². The van der Waals surface area contributed by atoms with E-state index in [1.54, 1.807) is 68.5 Å². The van der Waals surface area contributed by atoms with Gasteiger partial charge in [0.05, 0.1) is 24.4 Å². The molecule has 8 nitrogen and oxygen atoms in total. The van der Waals surface area contributed by atoms with Gasteiger partial charge in [-0.25, -0.2) is 9.59 Å². The first-order valence-electron chi connectivity index (χ1n) is 22.5. The summed E-state index contributed by atoms with van der Waals surface area (Å²) < 4.78 is 50.9. The maximum absolute atomic E-state index is 18.8. The molecule has 0 amide bonds. The summed E-state index contributed by atoms with van der Waals surface area (Å²) in [6.45, 7) is 7.10. The summed E-state index contributed by atoms with van der Waals surface area (Å²) in [5.41, 5.74) is 7.40. The number of nitrogens with zero attached hydrogens (tertiary/aromatic N) is 4. The molecule has 0 radical (unpaired) electrons. The van der Waals surface area contributed by atoms with Crippen LogP contribution in [0.4, 0.5) is 20.0 Å². The topological polar surface area (TPSA) is 67.0 Å². The number of carbonyl (C=O) groups excluding carboxylic acids is 2. The third-order valence-electron chi connectivity index (χ3n) is 13.4. The van der Waals surface area contributed by atoms with Crippen molar-refractivity contribution in [3.63, 3.8) is 0 Å². The molecule has 0 aliphatic carbocycles. The lowest BCUT2D eigenvalue weighted by Crippen LogP contribution is -2.51. The molecule has 5 heterocycles. The zero-order chi connectivity index (χ0) is 46.7. The Kier molecular flexibility index (Phi) is 11.1. The third-order valence-corrected chi connectivity index (χ3v) is 13.4. The van der Waals surface area contributed by atoms with Crippen LogP contribution >= 0.6 is 0 Å². The number of hydrogen-bond donors (Lipinski definition) is 0. The van der Waals surface area contributed by atoms with E-state index < -0.39 is 29.7 Å². The van der Waals surface area contributed by atoms with Gasteiger partial charge in [-0.1, -0.05) is 137 Å². The molecule has 334 valence electrons. The number of benzene rings is 4. The number of aromatic nitrogens is 1. The van der Waals surface area contributed by atoms with E-state index in [-0.39, 0.29) is 47.1 Å². The molecule has 0 saturated heterocycles. The Bertz CT molecular complexity index is 3040. The fourth-order valence-electron chi connectivity index (χ4n) is 10.5. The largest absolute Gasteiger partial charge is 0.737 e. The summed E-state index contributed by atoms with van der Waals surface area (Å²) >= 11 is 0. The average molecular weight is 883 g/mol.